The molecule has 0 aliphatic heterocycles. The molecule has 0 aliphatic carbocycles. The Morgan fingerprint density at radius 1 is 1.09 bits per heavy atom. The van der Waals surface area contributed by atoms with Gasteiger partial charge in [-0.1, -0.05) is 54.6 Å². The fourth-order valence-electron chi connectivity index (χ4n) is 2.08. The third-order valence-corrected chi connectivity index (χ3v) is 3.45. The number of hydrogen-bond donors (Lipinski definition) is 2. The fraction of sp³-hybridized carbons (Fsp3) is 0.278. The van der Waals surface area contributed by atoms with Crippen LogP contribution in [-0.4, -0.2) is 17.1 Å². The first-order valence-electron chi connectivity index (χ1n) is 7.31. The van der Waals surface area contributed by atoms with Crippen LogP contribution < -0.4 is 5.32 Å². The van der Waals surface area contributed by atoms with E-state index in [2.05, 4.69) is 5.32 Å². The number of amides is 1. The van der Waals surface area contributed by atoms with Crippen molar-refractivity contribution in [1.29, 1.82) is 0 Å². The Bertz CT molecular complexity index is 598. The Kier molecular flexibility index (Phi) is 6.13. The van der Waals surface area contributed by atoms with Gasteiger partial charge in [0.15, 0.2) is 0 Å². The molecule has 0 bridgehead atoms. The summed E-state index contributed by atoms with van der Waals surface area (Å²) in [6.45, 7) is 2.49. The second-order valence-corrected chi connectivity index (χ2v) is 5.08. The third-order valence-electron chi connectivity index (χ3n) is 3.45. The van der Waals surface area contributed by atoms with Crippen LogP contribution in [0.3, 0.4) is 0 Å². The molecule has 0 aliphatic rings. The smallest absolute Gasteiger partial charge is 0.249 e. The van der Waals surface area contributed by atoms with Gasteiger partial charge < -0.3 is 15.2 Å². The van der Waals surface area contributed by atoms with Crippen molar-refractivity contribution in [1.82, 2.24) is 5.32 Å². The van der Waals surface area contributed by atoms with Crippen LogP contribution in [0.2, 0.25) is 0 Å². The molecule has 2 aromatic carbocycles. The second kappa shape index (κ2) is 8.32. The van der Waals surface area contributed by atoms with E-state index < -0.39 is 6.10 Å². The predicted molar refractivity (Wildman–Crippen MR) is 84.9 cm³/mol. The van der Waals surface area contributed by atoms with E-state index in [9.17, 15) is 9.90 Å². The molecule has 2 aromatic rings. The van der Waals surface area contributed by atoms with Gasteiger partial charge in [-0.15, -0.1) is 0 Å². The van der Waals surface area contributed by atoms with Gasteiger partial charge in [-0.3, -0.25) is 4.79 Å². The summed E-state index contributed by atoms with van der Waals surface area (Å²) < 4.78 is 5.57. The van der Waals surface area contributed by atoms with Crippen molar-refractivity contribution in [3.63, 3.8) is 0 Å². The lowest BCUT2D eigenvalue weighted by molar-refractivity contribution is -0.132. The Morgan fingerprint density at radius 2 is 1.73 bits per heavy atom. The molecular weight excluding hydrogens is 278 g/mol. The van der Waals surface area contributed by atoms with Crippen LogP contribution in [0, 0.1) is 0 Å². The first kappa shape index (κ1) is 16.2. The van der Waals surface area contributed by atoms with Crippen molar-refractivity contribution >= 4 is 5.91 Å². The van der Waals surface area contributed by atoms with E-state index >= 15 is 0 Å². The molecule has 1 atom stereocenters. The van der Waals surface area contributed by atoms with Crippen LogP contribution in [0.1, 0.15) is 23.6 Å². The zero-order valence-corrected chi connectivity index (χ0v) is 12.7. The zero-order chi connectivity index (χ0) is 15.8. The standard InChI is InChI=1S/C18H21NO3/c1-14(22-13-15-7-3-2-4-8-15)18(21)19-11-16-9-5-6-10-17(16)12-20/h2-10,14,20H,11-13H2,1H3,(H,19,21). The van der Waals surface area contributed by atoms with E-state index in [0.717, 1.165) is 16.7 Å². The van der Waals surface area contributed by atoms with Crippen molar-refractivity contribution in [3.8, 4) is 0 Å². The number of ether oxygens (including phenoxy) is 1. The minimum Gasteiger partial charge on any atom is -0.392 e. The number of carbonyl (C=O) groups is 1. The average Bonchev–Trinajstić information content (AvgIpc) is 2.58. The van der Waals surface area contributed by atoms with Crippen molar-refractivity contribution in [2.45, 2.75) is 32.8 Å². The zero-order valence-electron chi connectivity index (χ0n) is 12.7. The van der Waals surface area contributed by atoms with Gasteiger partial charge in [-0.05, 0) is 23.6 Å². The molecule has 0 spiro atoms. The maximum absolute atomic E-state index is 12.0. The monoisotopic (exact) mass is 299 g/mol. The van der Waals surface area contributed by atoms with E-state index in [1.165, 1.54) is 0 Å². The van der Waals surface area contributed by atoms with Gasteiger partial charge in [0.2, 0.25) is 5.91 Å². The third kappa shape index (κ3) is 4.69. The second-order valence-electron chi connectivity index (χ2n) is 5.08. The Hall–Kier alpha value is -2.17. The molecule has 0 saturated carbocycles. The molecular formula is C18H21NO3. The van der Waals surface area contributed by atoms with E-state index in [1.807, 2.05) is 54.6 Å². The SMILES string of the molecule is CC(OCc1ccccc1)C(=O)NCc1ccccc1CO. The topological polar surface area (TPSA) is 58.6 Å². The van der Waals surface area contributed by atoms with Crippen LogP contribution in [0.4, 0.5) is 0 Å². The van der Waals surface area contributed by atoms with E-state index in [4.69, 9.17) is 4.74 Å². The minimum absolute atomic E-state index is 0.0356. The lowest BCUT2D eigenvalue weighted by atomic mass is 10.1. The lowest BCUT2D eigenvalue weighted by Crippen LogP contribution is -2.34. The highest BCUT2D eigenvalue weighted by Gasteiger charge is 2.13. The number of aliphatic hydroxyl groups is 1. The summed E-state index contributed by atoms with van der Waals surface area (Å²) in [5.41, 5.74) is 2.77. The van der Waals surface area contributed by atoms with E-state index in [0.29, 0.717) is 13.2 Å². The number of hydrogen-bond acceptors (Lipinski definition) is 3. The van der Waals surface area contributed by atoms with Gasteiger partial charge in [0, 0.05) is 6.54 Å². The first-order chi connectivity index (χ1) is 10.7. The number of benzene rings is 2. The van der Waals surface area contributed by atoms with Crippen molar-refractivity contribution < 1.29 is 14.6 Å². The summed E-state index contributed by atoms with van der Waals surface area (Å²) in [7, 11) is 0. The minimum atomic E-state index is -0.526. The summed E-state index contributed by atoms with van der Waals surface area (Å²) in [5.74, 6) is -0.163. The highest BCUT2D eigenvalue weighted by Crippen LogP contribution is 2.09. The first-order valence-corrected chi connectivity index (χ1v) is 7.31. The molecule has 0 saturated heterocycles. The van der Waals surface area contributed by atoms with Crippen molar-refractivity contribution in [3.05, 3.63) is 71.3 Å². The molecule has 1 unspecified atom stereocenters. The molecule has 0 aromatic heterocycles. The summed E-state index contributed by atoms with van der Waals surface area (Å²) in [6, 6.07) is 17.2. The van der Waals surface area contributed by atoms with Gasteiger partial charge >= 0.3 is 0 Å². The summed E-state index contributed by atoms with van der Waals surface area (Å²) >= 11 is 0. The quantitative estimate of drug-likeness (QED) is 0.825. The molecule has 2 N–H and O–H groups in total. The molecule has 116 valence electrons. The van der Waals surface area contributed by atoms with E-state index in [-0.39, 0.29) is 12.5 Å². The lowest BCUT2D eigenvalue weighted by Gasteiger charge is -2.14. The number of aliphatic hydroxyl groups excluding tert-OH is 1. The summed E-state index contributed by atoms with van der Waals surface area (Å²) in [5, 5.41) is 12.1. The maximum Gasteiger partial charge on any atom is 0.249 e. The molecule has 0 radical (unpaired) electrons. The number of carbonyl (C=O) groups excluding carboxylic acids is 1. The van der Waals surface area contributed by atoms with Crippen LogP contribution >= 0.6 is 0 Å². The number of nitrogens with one attached hydrogen (secondary N) is 1. The van der Waals surface area contributed by atoms with Crippen LogP contribution in [0.15, 0.2) is 54.6 Å². The van der Waals surface area contributed by atoms with Gasteiger partial charge in [0.05, 0.1) is 13.2 Å². The summed E-state index contributed by atoms with van der Waals surface area (Å²) in [6.07, 6.45) is -0.526. The van der Waals surface area contributed by atoms with Gasteiger partial charge in [-0.2, -0.15) is 0 Å². The molecule has 2 rings (SSSR count). The Labute approximate surface area is 130 Å². The molecule has 4 nitrogen and oxygen atoms in total. The van der Waals surface area contributed by atoms with E-state index in [1.54, 1.807) is 6.92 Å². The fourth-order valence-corrected chi connectivity index (χ4v) is 2.08. The largest absolute Gasteiger partial charge is 0.392 e. The van der Waals surface area contributed by atoms with Crippen LogP contribution in [-0.2, 0) is 29.3 Å². The van der Waals surface area contributed by atoms with Gasteiger partial charge in [0.1, 0.15) is 6.10 Å². The normalized spacial score (nSPS) is 11.9. The van der Waals surface area contributed by atoms with Gasteiger partial charge in [-0.25, -0.2) is 0 Å². The molecule has 1 amide bonds. The number of rotatable bonds is 7. The molecule has 4 heteroatoms. The molecule has 0 heterocycles. The highest BCUT2D eigenvalue weighted by molar-refractivity contribution is 5.80. The van der Waals surface area contributed by atoms with Gasteiger partial charge in [0.25, 0.3) is 0 Å². The predicted octanol–water partition coefficient (Wildman–Crippen LogP) is 2.40. The van der Waals surface area contributed by atoms with Crippen LogP contribution in [0.5, 0.6) is 0 Å². The molecule has 0 fully saturated rings. The van der Waals surface area contributed by atoms with Crippen molar-refractivity contribution in [2.75, 3.05) is 0 Å². The Balaban J connectivity index is 1.81. The average molecular weight is 299 g/mol. The summed E-state index contributed by atoms with van der Waals surface area (Å²) in [4.78, 5) is 12.0. The van der Waals surface area contributed by atoms with Crippen LogP contribution in [0.25, 0.3) is 0 Å². The Morgan fingerprint density at radius 3 is 2.41 bits per heavy atom. The molecule has 22 heavy (non-hydrogen) atoms. The van der Waals surface area contributed by atoms with Crippen molar-refractivity contribution in [2.24, 2.45) is 0 Å². The maximum atomic E-state index is 12.0. The highest BCUT2D eigenvalue weighted by atomic mass is 16.5.